The molecule has 94 valence electrons. The quantitative estimate of drug-likeness (QED) is 0.792. The molecule has 1 nitrogen and oxygen atoms in total. The predicted octanol–water partition coefficient (Wildman–Crippen LogP) is 4.78. The maximum Gasteiger partial charge on any atom is 0.124 e. The molecule has 0 fully saturated rings. The second kappa shape index (κ2) is 5.53. The molecule has 0 aliphatic carbocycles. The lowest BCUT2D eigenvalue weighted by Gasteiger charge is -2.11. The molecule has 2 aromatic carbocycles. The molecule has 0 saturated heterocycles. The highest BCUT2D eigenvalue weighted by molar-refractivity contribution is 9.10. The van der Waals surface area contributed by atoms with Gasteiger partial charge in [0, 0.05) is 10.0 Å². The Morgan fingerprint density at radius 1 is 1.11 bits per heavy atom. The zero-order chi connectivity index (χ0) is 13.1. The summed E-state index contributed by atoms with van der Waals surface area (Å²) in [4.78, 5) is 0. The topological polar surface area (TPSA) is 9.23 Å². The molecule has 3 heteroatoms. The Bertz CT molecular complexity index is 515. The third-order valence-corrected chi connectivity index (χ3v) is 3.47. The minimum absolute atomic E-state index is 0.253. The van der Waals surface area contributed by atoms with Crippen LogP contribution in [0.3, 0.4) is 0 Å². The first kappa shape index (κ1) is 13.1. The molecule has 0 unspecified atom stereocenters. The lowest BCUT2D eigenvalue weighted by Crippen LogP contribution is -1.98. The second-order valence-corrected chi connectivity index (χ2v) is 5.15. The van der Waals surface area contributed by atoms with Gasteiger partial charge < -0.3 is 4.74 Å². The fourth-order valence-corrected chi connectivity index (χ4v) is 2.22. The van der Waals surface area contributed by atoms with Gasteiger partial charge in [0.05, 0.1) is 0 Å². The van der Waals surface area contributed by atoms with E-state index in [1.807, 2.05) is 26.0 Å². The van der Waals surface area contributed by atoms with Gasteiger partial charge in [0.1, 0.15) is 18.2 Å². The van der Waals surface area contributed by atoms with E-state index in [1.165, 1.54) is 17.7 Å². The summed E-state index contributed by atoms with van der Waals surface area (Å²) in [6.07, 6.45) is 0. The van der Waals surface area contributed by atoms with Crippen molar-refractivity contribution < 1.29 is 9.13 Å². The van der Waals surface area contributed by atoms with Crippen molar-refractivity contribution in [2.45, 2.75) is 20.5 Å². The van der Waals surface area contributed by atoms with E-state index in [0.29, 0.717) is 6.61 Å². The van der Waals surface area contributed by atoms with Crippen molar-refractivity contribution in [1.29, 1.82) is 0 Å². The SMILES string of the molecule is Cc1ccc(OCc2ccc(F)cc2Br)c(C)c1. The molecule has 0 heterocycles. The van der Waals surface area contributed by atoms with Crippen LogP contribution in [0, 0.1) is 19.7 Å². The molecule has 2 aromatic rings. The van der Waals surface area contributed by atoms with E-state index in [1.54, 1.807) is 6.07 Å². The Balaban J connectivity index is 2.11. The third-order valence-electron chi connectivity index (χ3n) is 2.73. The maximum atomic E-state index is 12.9. The molecule has 18 heavy (non-hydrogen) atoms. The van der Waals surface area contributed by atoms with Gasteiger partial charge >= 0.3 is 0 Å². The minimum atomic E-state index is -0.253. The highest BCUT2D eigenvalue weighted by Crippen LogP contribution is 2.23. The van der Waals surface area contributed by atoms with E-state index in [0.717, 1.165) is 21.3 Å². The molecule has 0 radical (unpaired) electrons. The lowest BCUT2D eigenvalue weighted by atomic mass is 10.1. The van der Waals surface area contributed by atoms with Crippen molar-refractivity contribution in [3.63, 3.8) is 0 Å². The fourth-order valence-electron chi connectivity index (χ4n) is 1.76. The summed E-state index contributed by atoms with van der Waals surface area (Å²) in [5.74, 6) is 0.606. The Morgan fingerprint density at radius 3 is 2.56 bits per heavy atom. The Hall–Kier alpha value is -1.35. The zero-order valence-electron chi connectivity index (χ0n) is 10.3. The van der Waals surface area contributed by atoms with Crippen LogP contribution in [-0.2, 0) is 6.61 Å². The summed E-state index contributed by atoms with van der Waals surface area (Å²) in [7, 11) is 0. The average molecular weight is 309 g/mol. The molecule has 0 bridgehead atoms. The van der Waals surface area contributed by atoms with Gasteiger partial charge in [0.15, 0.2) is 0 Å². The molecule has 0 saturated carbocycles. The van der Waals surface area contributed by atoms with E-state index in [-0.39, 0.29) is 5.82 Å². The first-order chi connectivity index (χ1) is 8.56. The van der Waals surface area contributed by atoms with Crippen LogP contribution in [-0.4, -0.2) is 0 Å². The van der Waals surface area contributed by atoms with Crippen LogP contribution in [0.25, 0.3) is 0 Å². The van der Waals surface area contributed by atoms with Gasteiger partial charge in [-0.15, -0.1) is 0 Å². The number of benzene rings is 2. The molecule has 0 atom stereocenters. The highest BCUT2D eigenvalue weighted by Gasteiger charge is 2.04. The summed E-state index contributed by atoms with van der Waals surface area (Å²) >= 11 is 3.33. The summed E-state index contributed by atoms with van der Waals surface area (Å²) in [6.45, 7) is 4.49. The second-order valence-electron chi connectivity index (χ2n) is 4.29. The smallest absolute Gasteiger partial charge is 0.124 e. The maximum absolute atomic E-state index is 12.9. The van der Waals surface area contributed by atoms with Gasteiger partial charge in [-0.2, -0.15) is 0 Å². The number of ether oxygens (including phenoxy) is 1. The third kappa shape index (κ3) is 3.10. The standard InChI is InChI=1S/C15H14BrFO/c1-10-3-6-15(11(2)7-10)18-9-12-4-5-13(17)8-14(12)16/h3-8H,9H2,1-2H3. The van der Waals surface area contributed by atoms with Gasteiger partial charge in [-0.25, -0.2) is 4.39 Å². The summed E-state index contributed by atoms with van der Waals surface area (Å²) < 4.78 is 19.4. The van der Waals surface area contributed by atoms with Crippen molar-refractivity contribution in [1.82, 2.24) is 0 Å². The highest BCUT2D eigenvalue weighted by atomic mass is 79.9. The lowest BCUT2D eigenvalue weighted by molar-refractivity contribution is 0.303. The summed E-state index contributed by atoms with van der Waals surface area (Å²) in [6, 6.07) is 10.7. The van der Waals surface area contributed by atoms with Crippen molar-refractivity contribution in [2.75, 3.05) is 0 Å². The zero-order valence-corrected chi connectivity index (χ0v) is 11.9. The molecule has 0 N–H and O–H groups in total. The fraction of sp³-hybridized carbons (Fsp3) is 0.200. The number of halogens is 2. The molecule has 2 rings (SSSR count). The van der Waals surface area contributed by atoms with Crippen LogP contribution in [0.5, 0.6) is 5.75 Å². The minimum Gasteiger partial charge on any atom is -0.489 e. The Labute approximate surface area is 115 Å². The Morgan fingerprint density at radius 2 is 1.89 bits per heavy atom. The molecular weight excluding hydrogens is 295 g/mol. The number of hydrogen-bond donors (Lipinski definition) is 0. The van der Waals surface area contributed by atoms with E-state index in [4.69, 9.17) is 4.74 Å². The molecule has 0 amide bonds. The van der Waals surface area contributed by atoms with Gasteiger partial charge in [0.25, 0.3) is 0 Å². The molecule has 0 aliphatic rings. The number of aryl methyl sites for hydroxylation is 2. The van der Waals surface area contributed by atoms with Crippen molar-refractivity contribution in [3.05, 3.63) is 63.4 Å². The van der Waals surface area contributed by atoms with Crippen LogP contribution in [0.4, 0.5) is 4.39 Å². The molecular formula is C15H14BrFO. The normalized spacial score (nSPS) is 10.4. The van der Waals surface area contributed by atoms with Crippen molar-refractivity contribution >= 4 is 15.9 Å². The van der Waals surface area contributed by atoms with E-state index < -0.39 is 0 Å². The van der Waals surface area contributed by atoms with Crippen LogP contribution in [0.15, 0.2) is 40.9 Å². The van der Waals surface area contributed by atoms with Gasteiger partial charge in [-0.1, -0.05) is 39.7 Å². The van der Waals surface area contributed by atoms with Crippen LogP contribution in [0.2, 0.25) is 0 Å². The molecule has 0 aromatic heterocycles. The Kier molecular flexibility index (Phi) is 4.02. The van der Waals surface area contributed by atoms with E-state index in [9.17, 15) is 4.39 Å². The number of hydrogen-bond acceptors (Lipinski definition) is 1. The van der Waals surface area contributed by atoms with E-state index in [2.05, 4.69) is 22.0 Å². The first-order valence-corrected chi connectivity index (χ1v) is 6.49. The monoisotopic (exact) mass is 308 g/mol. The first-order valence-electron chi connectivity index (χ1n) is 5.70. The van der Waals surface area contributed by atoms with Crippen LogP contribution < -0.4 is 4.74 Å². The van der Waals surface area contributed by atoms with Gasteiger partial charge in [0.2, 0.25) is 0 Å². The van der Waals surface area contributed by atoms with Gasteiger partial charge in [-0.3, -0.25) is 0 Å². The summed E-state index contributed by atoms with van der Waals surface area (Å²) in [5.41, 5.74) is 3.24. The van der Waals surface area contributed by atoms with Crippen LogP contribution in [0.1, 0.15) is 16.7 Å². The predicted molar refractivity (Wildman–Crippen MR) is 74.3 cm³/mol. The van der Waals surface area contributed by atoms with Crippen LogP contribution >= 0.6 is 15.9 Å². The summed E-state index contributed by atoms with van der Waals surface area (Å²) in [5, 5.41) is 0. The molecule has 0 spiro atoms. The number of rotatable bonds is 3. The van der Waals surface area contributed by atoms with Crippen molar-refractivity contribution in [3.8, 4) is 5.75 Å². The van der Waals surface area contributed by atoms with E-state index >= 15 is 0 Å². The van der Waals surface area contributed by atoms with Gasteiger partial charge in [-0.05, 0) is 37.6 Å². The largest absolute Gasteiger partial charge is 0.489 e. The van der Waals surface area contributed by atoms with Crippen molar-refractivity contribution in [2.24, 2.45) is 0 Å². The average Bonchev–Trinajstić information content (AvgIpc) is 2.30. The molecule has 0 aliphatic heterocycles.